The minimum Gasteiger partial charge on any atom is -0.466 e. The van der Waals surface area contributed by atoms with Crippen LogP contribution < -0.4 is 10.2 Å². The maximum absolute atomic E-state index is 13.0. The van der Waals surface area contributed by atoms with Crippen LogP contribution in [-0.4, -0.2) is 31.7 Å². The Hall–Kier alpha value is -3.25. The van der Waals surface area contributed by atoms with Gasteiger partial charge >= 0.3 is 12.0 Å². The first kappa shape index (κ1) is 27.3. The van der Waals surface area contributed by atoms with Crippen LogP contribution in [0.1, 0.15) is 44.2 Å². The maximum Gasteiger partial charge on any atom is 0.321 e. The van der Waals surface area contributed by atoms with Gasteiger partial charge in [0.05, 0.1) is 13.0 Å². The number of ether oxygens (including phenoxy) is 1. The number of hydrogen-bond acceptors (Lipinski definition) is 4. The van der Waals surface area contributed by atoms with Gasteiger partial charge in [-0.15, -0.1) is 0 Å². The highest BCUT2D eigenvalue weighted by Crippen LogP contribution is 2.30. The van der Waals surface area contributed by atoms with Crippen molar-refractivity contribution in [1.29, 1.82) is 0 Å². The molecule has 6 heteroatoms. The molecule has 3 aromatic carbocycles. The van der Waals surface area contributed by atoms with Crippen LogP contribution in [0.25, 0.3) is 0 Å². The van der Waals surface area contributed by atoms with Crippen molar-refractivity contribution in [3.05, 3.63) is 90.0 Å². The summed E-state index contributed by atoms with van der Waals surface area (Å²) in [7, 11) is 0. The van der Waals surface area contributed by atoms with Gasteiger partial charge in [-0.25, -0.2) is 4.79 Å². The van der Waals surface area contributed by atoms with Gasteiger partial charge in [0, 0.05) is 28.6 Å². The summed E-state index contributed by atoms with van der Waals surface area (Å²) in [6.07, 6.45) is 4.30. The van der Waals surface area contributed by atoms with Gasteiger partial charge in [0.25, 0.3) is 0 Å². The average molecular weight is 505 g/mol. The molecule has 0 fully saturated rings. The van der Waals surface area contributed by atoms with Crippen LogP contribution in [0.2, 0.25) is 0 Å². The molecular weight excluding hydrogens is 468 g/mol. The highest BCUT2D eigenvalue weighted by atomic mass is 32.2. The Labute approximate surface area is 219 Å². The molecule has 190 valence electrons. The Bertz CT molecular complexity index is 1070. The van der Waals surface area contributed by atoms with Crippen LogP contribution in [0, 0.1) is 0 Å². The molecule has 0 aromatic heterocycles. The molecule has 0 aliphatic rings. The van der Waals surface area contributed by atoms with Crippen molar-refractivity contribution in [2.45, 2.75) is 55.7 Å². The molecule has 0 bridgehead atoms. The smallest absolute Gasteiger partial charge is 0.321 e. The van der Waals surface area contributed by atoms with E-state index in [0.717, 1.165) is 46.7 Å². The molecule has 3 rings (SSSR count). The summed E-state index contributed by atoms with van der Waals surface area (Å²) < 4.78 is 5.02. The molecule has 2 amide bonds. The molecule has 0 radical (unpaired) electrons. The van der Waals surface area contributed by atoms with E-state index in [1.165, 1.54) is 5.56 Å². The number of hydrogen-bond donors (Lipinski definition) is 1. The molecule has 0 saturated heterocycles. The monoisotopic (exact) mass is 504 g/mol. The minimum absolute atomic E-state index is 0.0559. The lowest BCUT2D eigenvalue weighted by Gasteiger charge is -2.24. The van der Waals surface area contributed by atoms with E-state index in [-0.39, 0.29) is 18.4 Å². The first-order valence-corrected chi connectivity index (χ1v) is 13.5. The third-order valence-corrected chi connectivity index (χ3v) is 6.75. The largest absolute Gasteiger partial charge is 0.466 e. The molecule has 0 spiro atoms. The normalized spacial score (nSPS) is 10.6. The van der Waals surface area contributed by atoms with Gasteiger partial charge in [0.15, 0.2) is 0 Å². The lowest BCUT2D eigenvalue weighted by atomic mass is 10.1. The first-order valence-electron chi connectivity index (χ1n) is 12.7. The van der Waals surface area contributed by atoms with Gasteiger partial charge in [-0.1, -0.05) is 74.0 Å². The zero-order valence-electron chi connectivity index (χ0n) is 21.2. The van der Waals surface area contributed by atoms with Crippen molar-refractivity contribution in [2.24, 2.45) is 0 Å². The summed E-state index contributed by atoms with van der Waals surface area (Å²) in [4.78, 5) is 28.7. The van der Waals surface area contributed by atoms with Gasteiger partial charge in [-0.05, 0) is 67.3 Å². The second-order valence-electron chi connectivity index (χ2n) is 8.55. The predicted molar refractivity (Wildman–Crippen MR) is 148 cm³/mol. The van der Waals surface area contributed by atoms with Crippen LogP contribution in [0.3, 0.4) is 0 Å². The van der Waals surface area contributed by atoms with Crippen LogP contribution >= 0.6 is 11.8 Å². The fourth-order valence-electron chi connectivity index (χ4n) is 3.78. The molecule has 0 heterocycles. The number of benzene rings is 3. The second kappa shape index (κ2) is 15.0. The summed E-state index contributed by atoms with van der Waals surface area (Å²) in [6, 6.07) is 26.3. The van der Waals surface area contributed by atoms with Crippen molar-refractivity contribution < 1.29 is 14.3 Å². The number of carbonyl (C=O) groups is 2. The van der Waals surface area contributed by atoms with Gasteiger partial charge in [0.1, 0.15) is 0 Å². The third kappa shape index (κ3) is 9.08. The summed E-state index contributed by atoms with van der Waals surface area (Å²) in [5.74, 6) is -0.209. The topological polar surface area (TPSA) is 58.6 Å². The van der Waals surface area contributed by atoms with Crippen LogP contribution in [0.15, 0.2) is 88.7 Å². The summed E-state index contributed by atoms with van der Waals surface area (Å²) >= 11 is 1.65. The molecule has 1 N–H and O–H groups in total. The third-order valence-electron chi connectivity index (χ3n) is 5.73. The number of carbonyl (C=O) groups excluding carboxylic acids is 2. The zero-order chi connectivity index (χ0) is 25.6. The van der Waals surface area contributed by atoms with Crippen molar-refractivity contribution >= 4 is 29.4 Å². The number of unbranched alkanes of at least 4 members (excludes halogenated alkanes) is 2. The molecule has 0 aliphatic heterocycles. The number of esters is 1. The molecule has 5 nitrogen and oxygen atoms in total. The molecule has 0 saturated carbocycles. The van der Waals surface area contributed by atoms with Gasteiger partial charge in [-0.2, -0.15) is 0 Å². The molecule has 36 heavy (non-hydrogen) atoms. The Balaban J connectivity index is 1.64. The van der Waals surface area contributed by atoms with Crippen LogP contribution in [0.4, 0.5) is 10.5 Å². The van der Waals surface area contributed by atoms with E-state index >= 15 is 0 Å². The van der Waals surface area contributed by atoms with E-state index in [4.69, 9.17) is 4.74 Å². The summed E-state index contributed by atoms with van der Waals surface area (Å²) in [5.41, 5.74) is 3.03. The number of nitrogens with zero attached hydrogens (tertiary/aromatic N) is 1. The molecule has 0 aliphatic carbocycles. The van der Waals surface area contributed by atoms with Gasteiger partial charge < -0.3 is 10.1 Å². The van der Waals surface area contributed by atoms with E-state index < -0.39 is 0 Å². The Morgan fingerprint density at radius 1 is 0.833 bits per heavy atom. The summed E-state index contributed by atoms with van der Waals surface area (Å²) in [6.45, 7) is 5.66. The fraction of sp³-hybridized carbons (Fsp3) is 0.333. The number of amides is 2. The number of urea groups is 1. The first-order chi connectivity index (χ1) is 17.6. The second-order valence-corrected chi connectivity index (χ2v) is 9.69. The molecular formula is C30H36N2O3S. The van der Waals surface area contributed by atoms with E-state index in [9.17, 15) is 9.59 Å². The average Bonchev–Trinajstić information content (AvgIpc) is 2.89. The van der Waals surface area contributed by atoms with E-state index in [1.54, 1.807) is 11.8 Å². The van der Waals surface area contributed by atoms with Crippen LogP contribution in [-0.2, 0) is 22.4 Å². The van der Waals surface area contributed by atoms with E-state index in [1.807, 2.05) is 78.6 Å². The van der Waals surface area contributed by atoms with Gasteiger partial charge in [0.2, 0.25) is 0 Å². The molecule has 0 atom stereocenters. The highest BCUT2D eigenvalue weighted by Gasteiger charge is 2.15. The number of rotatable bonds is 13. The highest BCUT2D eigenvalue weighted by molar-refractivity contribution is 7.99. The number of nitrogens with one attached hydrogen (secondary N) is 1. The van der Waals surface area contributed by atoms with Crippen molar-refractivity contribution in [1.82, 2.24) is 5.32 Å². The molecule has 3 aromatic rings. The van der Waals surface area contributed by atoms with Gasteiger partial charge in [-0.3, -0.25) is 9.69 Å². The predicted octanol–water partition coefficient (Wildman–Crippen LogP) is 6.89. The number of anilines is 1. The van der Waals surface area contributed by atoms with Crippen LogP contribution in [0.5, 0.6) is 0 Å². The lowest BCUT2D eigenvalue weighted by molar-refractivity contribution is -0.142. The van der Waals surface area contributed by atoms with E-state index in [2.05, 4.69) is 24.4 Å². The zero-order valence-corrected chi connectivity index (χ0v) is 22.1. The van der Waals surface area contributed by atoms with Crippen molar-refractivity contribution in [2.75, 3.05) is 24.6 Å². The Morgan fingerprint density at radius 3 is 2.14 bits per heavy atom. The standard InChI is InChI=1S/C30H36N2O3S/c1-3-5-9-21-31-30(34)32(22-20-24-10-7-6-8-11-24)26-14-18-28(19-15-26)36-27-16-12-25(13-17-27)23-29(33)35-4-2/h6-8,10-19H,3-5,9,20-23H2,1-2H3,(H,31,34). The summed E-state index contributed by atoms with van der Waals surface area (Å²) in [5, 5.41) is 3.08. The SMILES string of the molecule is CCCCCNC(=O)N(CCc1ccccc1)c1ccc(Sc2ccc(CC(=O)OCC)cc2)cc1. The van der Waals surface area contributed by atoms with E-state index in [0.29, 0.717) is 19.7 Å². The lowest BCUT2D eigenvalue weighted by Crippen LogP contribution is -2.41. The van der Waals surface area contributed by atoms with Crippen molar-refractivity contribution in [3.8, 4) is 0 Å². The Kier molecular flexibility index (Phi) is 11.4. The minimum atomic E-state index is -0.209. The quantitative estimate of drug-likeness (QED) is 0.203. The Morgan fingerprint density at radius 2 is 1.50 bits per heavy atom. The fourth-order valence-corrected chi connectivity index (χ4v) is 4.60. The molecule has 0 unspecified atom stereocenters. The maximum atomic E-state index is 13.0. The van der Waals surface area contributed by atoms with Crippen molar-refractivity contribution in [3.63, 3.8) is 0 Å².